The lowest BCUT2D eigenvalue weighted by Crippen LogP contribution is -2.31. The van der Waals surface area contributed by atoms with Crippen molar-refractivity contribution in [2.24, 2.45) is 0 Å². The largest absolute Gasteiger partial charge is 0.386 e. The molecule has 1 fully saturated rings. The van der Waals surface area contributed by atoms with Gasteiger partial charge >= 0.3 is 0 Å². The van der Waals surface area contributed by atoms with Gasteiger partial charge in [-0.2, -0.15) is 0 Å². The van der Waals surface area contributed by atoms with Crippen molar-refractivity contribution in [1.29, 1.82) is 0 Å². The average molecular weight is 330 g/mol. The summed E-state index contributed by atoms with van der Waals surface area (Å²) in [6.07, 6.45) is 4.11. The molecule has 1 N–H and O–H groups in total. The fourth-order valence-corrected chi connectivity index (χ4v) is 3.92. The third-order valence-corrected chi connectivity index (χ3v) is 5.53. The standard InChI is InChI=1S/C18H22N2O2S/c1-13(21)17-19-12-16(23-17)18(22)20-10-5-8-15(9-11-20)14-6-3-2-4-7-14/h2-4,6-7,12-13,15,21H,5,8-11H2,1H3. The molecule has 0 bridgehead atoms. The first-order chi connectivity index (χ1) is 11.1. The Labute approximate surface area is 140 Å². The Morgan fingerprint density at radius 2 is 2.09 bits per heavy atom. The molecule has 2 atom stereocenters. The van der Waals surface area contributed by atoms with Crippen LogP contribution in [0.1, 0.15) is 58.5 Å². The predicted molar refractivity (Wildman–Crippen MR) is 91.7 cm³/mol. The molecular weight excluding hydrogens is 308 g/mol. The van der Waals surface area contributed by atoms with Crippen LogP contribution in [0, 0.1) is 0 Å². The second-order valence-electron chi connectivity index (χ2n) is 6.07. The zero-order valence-corrected chi connectivity index (χ0v) is 14.1. The van der Waals surface area contributed by atoms with Gasteiger partial charge in [0.2, 0.25) is 0 Å². The summed E-state index contributed by atoms with van der Waals surface area (Å²) in [5.74, 6) is 0.576. The van der Waals surface area contributed by atoms with E-state index < -0.39 is 6.10 Å². The van der Waals surface area contributed by atoms with Crippen LogP contribution in [0.2, 0.25) is 0 Å². The second-order valence-corrected chi connectivity index (χ2v) is 7.13. The van der Waals surface area contributed by atoms with Gasteiger partial charge in [-0.3, -0.25) is 4.79 Å². The maximum absolute atomic E-state index is 12.6. The third-order valence-electron chi connectivity index (χ3n) is 4.38. The summed E-state index contributed by atoms with van der Waals surface area (Å²) in [4.78, 5) is 19.3. The number of benzene rings is 1. The molecule has 0 spiro atoms. The van der Waals surface area contributed by atoms with E-state index in [2.05, 4.69) is 29.2 Å². The first kappa shape index (κ1) is 16.1. The van der Waals surface area contributed by atoms with Crippen molar-refractivity contribution in [3.63, 3.8) is 0 Å². The van der Waals surface area contributed by atoms with Crippen molar-refractivity contribution in [2.75, 3.05) is 13.1 Å². The Morgan fingerprint density at radius 3 is 2.78 bits per heavy atom. The minimum atomic E-state index is -0.617. The van der Waals surface area contributed by atoms with Gasteiger partial charge in [-0.1, -0.05) is 30.3 Å². The van der Waals surface area contributed by atoms with Gasteiger partial charge in [0.15, 0.2) is 0 Å². The molecule has 122 valence electrons. The van der Waals surface area contributed by atoms with Gasteiger partial charge in [-0.15, -0.1) is 11.3 Å². The Bertz CT molecular complexity index is 654. The van der Waals surface area contributed by atoms with Crippen LogP contribution in [0.5, 0.6) is 0 Å². The molecule has 2 aromatic rings. The van der Waals surface area contributed by atoms with Crippen LogP contribution in [0.15, 0.2) is 36.5 Å². The molecule has 5 heteroatoms. The van der Waals surface area contributed by atoms with Gasteiger partial charge in [0.1, 0.15) is 16.0 Å². The van der Waals surface area contributed by atoms with Gasteiger partial charge in [0.05, 0.1) is 6.20 Å². The summed E-state index contributed by atoms with van der Waals surface area (Å²) in [7, 11) is 0. The van der Waals surface area contributed by atoms with Crippen LogP contribution in [-0.4, -0.2) is 34.0 Å². The molecule has 2 unspecified atom stereocenters. The number of hydrogen-bond acceptors (Lipinski definition) is 4. The number of nitrogens with zero attached hydrogens (tertiary/aromatic N) is 2. The molecule has 1 aromatic carbocycles. The Balaban J connectivity index is 1.66. The average Bonchev–Trinajstić information content (AvgIpc) is 2.94. The number of carbonyl (C=O) groups is 1. The summed E-state index contributed by atoms with van der Waals surface area (Å²) >= 11 is 1.29. The van der Waals surface area contributed by atoms with Crippen LogP contribution in [0.25, 0.3) is 0 Å². The van der Waals surface area contributed by atoms with Gasteiger partial charge in [0.25, 0.3) is 5.91 Å². The minimum absolute atomic E-state index is 0.0445. The molecule has 1 aliphatic heterocycles. The zero-order chi connectivity index (χ0) is 16.2. The molecule has 4 nitrogen and oxygen atoms in total. The molecule has 0 aliphatic carbocycles. The monoisotopic (exact) mass is 330 g/mol. The molecule has 1 amide bonds. The molecule has 1 aromatic heterocycles. The topological polar surface area (TPSA) is 53.4 Å². The lowest BCUT2D eigenvalue weighted by molar-refractivity contribution is 0.0765. The molecular formula is C18H22N2O2S. The van der Waals surface area contributed by atoms with Crippen molar-refractivity contribution in [2.45, 2.75) is 38.2 Å². The van der Waals surface area contributed by atoms with Crippen molar-refractivity contribution >= 4 is 17.2 Å². The lowest BCUT2D eigenvalue weighted by atomic mass is 9.92. The SMILES string of the molecule is CC(O)c1ncc(C(=O)N2CCCC(c3ccccc3)CC2)s1. The highest BCUT2D eigenvalue weighted by Crippen LogP contribution is 2.29. The summed E-state index contributed by atoms with van der Waals surface area (Å²) in [5, 5.41) is 10.2. The van der Waals surface area contributed by atoms with Gasteiger partial charge in [0, 0.05) is 13.1 Å². The maximum atomic E-state index is 12.6. The highest BCUT2D eigenvalue weighted by molar-refractivity contribution is 7.13. The summed E-state index contributed by atoms with van der Waals surface area (Å²) in [6.45, 7) is 3.24. The van der Waals surface area contributed by atoms with E-state index in [-0.39, 0.29) is 5.91 Å². The highest BCUT2D eigenvalue weighted by atomic mass is 32.1. The summed E-state index contributed by atoms with van der Waals surface area (Å²) in [5.41, 5.74) is 1.37. The molecule has 0 saturated carbocycles. The number of thiazole rings is 1. The van der Waals surface area contributed by atoms with Gasteiger partial charge in [-0.25, -0.2) is 4.98 Å². The lowest BCUT2D eigenvalue weighted by Gasteiger charge is -2.19. The number of carbonyl (C=O) groups excluding carboxylic acids is 1. The third kappa shape index (κ3) is 3.79. The first-order valence-corrected chi connectivity index (χ1v) is 8.95. The normalized spacial score (nSPS) is 20.1. The van der Waals surface area contributed by atoms with E-state index >= 15 is 0 Å². The molecule has 0 radical (unpaired) electrons. The number of hydrogen-bond donors (Lipinski definition) is 1. The van der Waals surface area contributed by atoms with E-state index in [0.717, 1.165) is 32.4 Å². The number of likely N-dealkylation sites (tertiary alicyclic amines) is 1. The quantitative estimate of drug-likeness (QED) is 0.935. The number of aromatic nitrogens is 1. The highest BCUT2D eigenvalue weighted by Gasteiger charge is 2.24. The van der Waals surface area contributed by atoms with E-state index in [4.69, 9.17) is 0 Å². The molecule has 2 heterocycles. The van der Waals surface area contributed by atoms with Crippen molar-refractivity contribution in [3.05, 3.63) is 52.0 Å². The molecule has 1 saturated heterocycles. The fourth-order valence-electron chi connectivity index (χ4n) is 3.09. The van der Waals surface area contributed by atoms with E-state index in [1.807, 2.05) is 11.0 Å². The second kappa shape index (κ2) is 7.23. The van der Waals surface area contributed by atoms with Crippen LogP contribution < -0.4 is 0 Å². The van der Waals surface area contributed by atoms with Crippen molar-refractivity contribution < 1.29 is 9.90 Å². The molecule has 23 heavy (non-hydrogen) atoms. The minimum Gasteiger partial charge on any atom is -0.386 e. The van der Waals surface area contributed by atoms with E-state index in [0.29, 0.717) is 15.8 Å². The number of amides is 1. The van der Waals surface area contributed by atoms with Crippen molar-refractivity contribution in [1.82, 2.24) is 9.88 Å². The summed E-state index contributed by atoms with van der Waals surface area (Å²) < 4.78 is 0. The fraction of sp³-hybridized carbons (Fsp3) is 0.444. The van der Waals surface area contributed by atoms with Crippen LogP contribution >= 0.6 is 11.3 Å². The van der Waals surface area contributed by atoms with Gasteiger partial charge in [-0.05, 0) is 37.7 Å². The Hall–Kier alpha value is -1.72. The first-order valence-electron chi connectivity index (χ1n) is 8.13. The smallest absolute Gasteiger partial charge is 0.265 e. The van der Waals surface area contributed by atoms with E-state index in [1.165, 1.54) is 16.9 Å². The van der Waals surface area contributed by atoms with E-state index in [9.17, 15) is 9.90 Å². The van der Waals surface area contributed by atoms with Crippen LogP contribution in [-0.2, 0) is 0 Å². The maximum Gasteiger partial charge on any atom is 0.265 e. The number of aliphatic hydroxyl groups excluding tert-OH is 1. The zero-order valence-electron chi connectivity index (χ0n) is 13.3. The number of aliphatic hydroxyl groups is 1. The van der Waals surface area contributed by atoms with Crippen LogP contribution in [0.4, 0.5) is 0 Å². The summed E-state index contributed by atoms with van der Waals surface area (Å²) in [6, 6.07) is 10.6. The molecule has 3 rings (SSSR count). The predicted octanol–water partition coefficient (Wildman–Crippen LogP) is 3.61. The van der Waals surface area contributed by atoms with Crippen LogP contribution in [0.3, 0.4) is 0 Å². The van der Waals surface area contributed by atoms with Crippen molar-refractivity contribution in [3.8, 4) is 0 Å². The molecule has 1 aliphatic rings. The van der Waals surface area contributed by atoms with E-state index in [1.54, 1.807) is 13.1 Å². The van der Waals surface area contributed by atoms with Gasteiger partial charge < -0.3 is 10.0 Å². The number of rotatable bonds is 3. The Kier molecular flexibility index (Phi) is 5.08. The Morgan fingerprint density at radius 1 is 1.30 bits per heavy atom.